The van der Waals surface area contributed by atoms with Crippen LogP contribution in [0.2, 0.25) is 5.02 Å². The number of hydrogen-bond acceptors (Lipinski definition) is 4. The van der Waals surface area contributed by atoms with Crippen molar-refractivity contribution in [2.45, 2.75) is 38.3 Å². The van der Waals surface area contributed by atoms with Gasteiger partial charge in [0.05, 0.1) is 15.6 Å². The van der Waals surface area contributed by atoms with Crippen LogP contribution in [-0.2, 0) is 26.2 Å². The van der Waals surface area contributed by atoms with Crippen molar-refractivity contribution in [2.24, 2.45) is 0 Å². The first kappa shape index (κ1) is 28.1. The first-order chi connectivity index (χ1) is 17.5. The zero-order chi connectivity index (χ0) is 27.2. The summed E-state index contributed by atoms with van der Waals surface area (Å²) >= 11 is 5.96. The predicted octanol–water partition coefficient (Wildman–Crippen LogP) is 4.54. The van der Waals surface area contributed by atoms with Crippen molar-refractivity contribution in [2.75, 3.05) is 17.4 Å². The average molecular weight is 546 g/mol. The van der Waals surface area contributed by atoms with Crippen molar-refractivity contribution in [3.63, 3.8) is 0 Å². The topological polar surface area (TPSA) is 86.8 Å². The molecule has 37 heavy (non-hydrogen) atoms. The monoisotopic (exact) mass is 545 g/mol. The molecule has 1 atom stereocenters. The zero-order valence-electron chi connectivity index (χ0n) is 20.8. The second-order valence-electron chi connectivity index (χ2n) is 8.50. The molecule has 10 heteroatoms. The van der Waals surface area contributed by atoms with Gasteiger partial charge in [0.1, 0.15) is 18.4 Å². The van der Waals surface area contributed by atoms with Crippen LogP contribution in [0, 0.1) is 12.7 Å². The number of halogens is 2. The van der Waals surface area contributed by atoms with Gasteiger partial charge in [-0.2, -0.15) is 0 Å². The molecule has 2 amide bonds. The Hall–Kier alpha value is -3.43. The van der Waals surface area contributed by atoms with E-state index in [1.54, 1.807) is 32.0 Å². The number of anilines is 1. The Balaban J connectivity index is 2.03. The van der Waals surface area contributed by atoms with Crippen LogP contribution in [0.1, 0.15) is 25.0 Å². The third-order valence-corrected chi connectivity index (χ3v) is 7.87. The number of aryl methyl sites for hydroxylation is 1. The highest BCUT2D eigenvalue weighted by atomic mass is 35.5. The smallest absolute Gasteiger partial charge is 0.264 e. The van der Waals surface area contributed by atoms with Crippen LogP contribution in [0.4, 0.5) is 10.1 Å². The molecule has 3 aromatic rings. The number of benzene rings is 3. The molecule has 0 bridgehead atoms. The summed E-state index contributed by atoms with van der Waals surface area (Å²) in [7, 11) is -4.24. The van der Waals surface area contributed by atoms with Crippen LogP contribution in [0.3, 0.4) is 0 Å². The van der Waals surface area contributed by atoms with Gasteiger partial charge >= 0.3 is 0 Å². The average Bonchev–Trinajstić information content (AvgIpc) is 2.88. The summed E-state index contributed by atoms with van der Waals surface area (Å²) in [6.45, 7) is 5.11. The fourth-order valence-corrected chi connectivity index (χ4v) is 5.29. The van der Waals surface area contributed by atoms with Crippen molar-refractivity contribution >= 4 is 39.1 Å². The molecule has 1 N–H and O–H groups in total. The molecular formula is C27H29ClFN3O4S. The fraction of sp³-hybridized carbons (Fsp3) is 0.259. The Morgan fingerprint density at radius 1 is 1.03 bits per heavy atom. The van der Waals surface area contributed by atoms with Gasteiger partial charge < -0.3 is 10.2 Å². The van der Waals surface area contributed by atoms with Crippen LogP contribution < -0.4 is 9.62 Å². The van der Waals surface area contributed by atoms with Gasteiger partial charge in [-0.25, -0.2) is 12.8 Å². The van der Waals surface area contributed by atoms with Crippen molar-refractivity contribution < 1.29 is 22.4 Å². The van der Waals surface area contributed by atoms with Gasteiger partial charge in [-0.3, -0.25) is 13.9 Å². The number of likely N-dealkylation sites (N-methyl/N-ethyl adjacent to an activating group) is 1. The van der Waals surface area contributed by atoms with Gasteiger partial charge in [0, 0.05) is 13.1 Å². The Kier molecular flexibility index (Phi) is 9.29. The number of nitrogens with zero attached hydrogens (tertiary/aromatic N) is 2. The third kappa shape index (κ3) is 6.87. The lowest BCUT2D eigenvalue weighted by Crippen LogP contribution is -2.51. The van der Waals surface area contributed by atoms with Crippen molar-refractivity contribution in [1.29, 1.82) is 0 Å². The molecule has 0 heterocycles. The second kappa shape index (κ2) is 12.2. The molecule has 3 aromatic carbocycles. The normalized spacial score (nSPS) is 12.0. The minimum absolute atomic E-state index is 0.0181. The van der Waals surface area contributed by atoms with Gasteiger partial charge in [0.2, 0.25) is 11.8 Å². The van der Waals surface area contributed by atoms with Crippen LogP contribution in [0.5, 0.6) is 0 Å². The molecule has 0 spiro atoms. The largest absolute Gasteiger partial charge is 0.355 e. The number of nitrogens with one attached hydrogen (secondary N) is 1. The Labute approximate surface area is 221 Å². The molecule has 196 valence electrons. The molecule has 0 aliphatic carbocycles. The summed E-state index contributed by atoms with van der Waals surface area (Å²) < 4.78 is 42.0. The first-order valence-electron chi connectivity index (χ1n) is 11.7. The van der Waals surface area contributed by atoms with Gasteiger partial charge in [0.15, 0.2) is 0 Å². The summed E-state index contributed by atoms with van der Waals surface area (Å²) in [6.07, 6.45) is 0. The van der Waals surface area contributed by atoms with Gasteiger partial charge in [-0.15, -0.1) is 0 Å². The number of carbonyl (C=O) groups is 2. The highest BCUT2D eigenvalue weighted by Crippen LogP contribution is 2.28. The number of sulfonamides is 1. The molecule has 0 unspecified atom stereocenters. The maximum absolute atomic E-state index is 13.9. The highest BCUT2D eigenvalue weighted by Gasteiger charge is 2.32. The Morgan fingerprint density at radius 2 is 1.68 bits per heavy atom. The van der Waals surface area contributed by atoms with Crippen LogP contribution in [0.15, 0.2) is 77.7 Å². The molecule has 0 aromatic heterocycles. The van der Waals surface area contributed by atoms with Crippen LogP contribution >= 0.6 is 11.6 Å². The second-order valence-corrected chi connectivity index (χ2v) is 10.8. The van der Waals surface area contributed by atoms with E-state index in [2.05, 4.69) is 5.32 Å². The van der Waals surface area contributed by atoms with E-state index in [-0.39, 0.29) is 28.1 Å². The minimum Gasteiger partial charge on any atom is -0.355 e. The van der Waals surface area contributed by atoms with Crippen molar-refractivity contribution in [1.82, 2.24) is 10.2 Å². The van der Waals surface area contributed by atoms with Gasteiger partial charge in [-0.1, -0.05) is 59.6 Å². The molecule has 0 radical (unpaired) electrons. The van der Waals surface area contributed by atoms with Crippen molar-refractivity contribution in [3.05, 3.63) is 94.8 Å². The quantitative estimate of drug-likeness (QED) is 0.405. The summed E-state index contributed by atoms with van der Waals surface area (Å²) in [5.74, 6) is -1.70. The number of amides is 2. The lowest BCUT2D eigenvalue weighted by atomic mass is 10.1. The molecule has 0 aliphatic heterocycles. The van der Waals surface area contributed by atoms with Gasteiger partial charge in [-0.05, 0) is 56.7 Å². The zero-order valence-corrected chi connectivity index (χ0v) is 22.4. The number of rotatable bonds is 10. The van der Waals surface area contributed by atoms with Crippen LogP contribution in [-0.4, -0.2) is 44.3 Å². The van der Waals surface area contributed by atoms with Crippen molar-refractivity contribution in [3.8, 4) is 0 Å². The summed E-state index contributed by atoms with van der Waals surface area (Å²) in [4.78, 5) is 27.7. The predicted molar refractivity (Wildman–Crippen MR) is 142 cm³/mol. The van der Waals surface area contributed by atoms with Gasteiger partial charge in [0.25, 0.3) is 10.0 Å². The van der Waals surface area contributed by atoms with E-state index in [1.165, 1.54) is 23.1 Å². The SMILES string of the molecule is CCNC(=O)[C@H](C)N(Cc1ccc(C)cc1)C(=O)CN(c1ccc(F)c(Cl)c1)S(=O)(=O)c1ccccc1. The maximum atomic E-state index is 13.9. The maximum Gasteiger partial charge on any atom is 0.264 e. The van der Waals surface area contributed by atoms with E-state index < -0.39 is 34.3 Å². The highest BCUT2D eigenvalue weighted by molar-refractivity contribution is 7.92. The Bertz CT molecular complexity index is 1350. The lowest BCUT2D eigenvalue weighted by Gasteiger charge is -2.32. The van der Waals surface area contributed by atoms with E-state index in [0.717, 1.165) is 27.6 Å². The minimum atomic E-state index is -4.24. The molecule has 0 saturated heterocycles. The summed E-state index contributed by atoms with van der Waals surface area (Å²) in [5, 5.41) is 2.42. The molecular weight excluding hydrogens is 517 g/mol. The third-order valence-electron chi connectivity index (χ3n) is 5.79. The molecule has 7 nitrogen and oxygen atoms in total. The number of hydrogen-bond donors (Lipinski definition) is 1. The lowest BCUT2D eigenvalue weighted by molar-refractivity contribution is -0.139. The van der Waals surface area contributed by atoms with E-state index in [1.807, 2.05) is 31.2 Å². The summed E-state index contributed by atoms with van der Waals surface area (Å²) in [5.41, 5.74) is 1.83. The molecule has 3 rings (SSSR count). The standard InChI is InChI=1S/C27H29ClFN3O4S/c1-4-30-27(34)20(3)31(17-21-12-10-19(2)11-13-21)26(33)18-32(22-14-15-25(29)24(28)16-22)37(35,36)23-8-6-5-7-9-23/h5-16,20H,4,17-18H2,1-3H3,(H,30,34)/t20-/m0/s1. The molecule has 0 saturated carbocycles. The van der Waals surface area contributed by atoms with E-state index in [4.69, 9.17) is 11.6 Å². The molecule has 0 aliphatic rings. The summed E-state index contributed by atoms with van der Waals surface area (Å²) in [6, 6.07) is 17.6. The van der Waals surface area contributed by atoms with E-state index >= 15 is 0 Å². The number of carbonyl (C=O) groups excluding carboxylic acids is 2. The van der Waals surface area contributed by atoms with E-state index in [0.29, 0.717) is 6.54 Å². The Morgan fingerprint density at radius 3 is 2.27 bits per heavy atom. The first-order valence-corrected chi connectivity index (χ1v) is 13.5. The fourth-order valence-electron chi connectivity index (χ4n) is 3.68. The molecule has 0 fully saturated rings. The van der Waals surface area contributed by atoms with E-state index in [9.17, 15) is 22.4 Å². The van der Waals surface area contributed by atoms with Crippen LogP contribution in [0.25, 0.3) is 0 Å².